The van der Waals surface area contributed by atoms with Gasteiger partial charge in [0.1, 0.15) is 0 Å². The summed E-state index contributed by atoms with van der Waals surface area (Å²) < 4.78 is 6.61. The lowest BCUT2D eigenvalue weighted by molar-refractivity contribution is -0.146. The zero-order chi connectivity index (χ0) is 29.4. The van der Waals surface area contributed by atoms with Gasteiger partial charge in [-0.05, 0) is 61.5 Å². The molecule has 7 nitrogen and oxygen atoms in total. The van der Waals surface area contributed by atoms with Crippen LogP contribution in [0.1, 0.15) is 48.7 Å². The molecule has 214 valence electrons. The highest BCUT2D eigenvalue weighted by molar-refractivity contribution is 6.27. The fraction of sp³-hybridized carbons (Fsp3) is 0.314. The Hall–Kier alpha value is -4.04. The van der Waals surface area contributed by atoms with Crippen molar-refractivity contribution in [1.82, 2.24) is 0 Å². The van der Waals surface area contributed by atoms with Gasteiger partial charge in [0.15, 0.2) is 5.60 Å². The number of hydrogen-bond donors (Lipinski definition) is 2. The molecule has 0 radical (unpaired) electrons. The zero-order valence-corrected chi connectivity index (χ0v) is 23.9. The third-order valence-electron chi connectivity index (χ3n) is 9.40. The van der Waals surface area contributed by atoms with Gasteiger partial charge in [0.25, 0.3) is 11.8 Å². The Labute approximate surface area is 244 Å². The second-order valence-corrected chi connectivity index (χ2v) is 12.3. The van der Waals surface area contributed by atoms with Crippen molar-refractivity contribution in [3.63, 3.8) is 0 Å². The average molecular weight is 563 g/mol. The first-order valence-electron chi connectivity index (χ1n) is 14.5. The fourth-order valence-electron chi connectivity index (χ4n) is 7.69. The summed E-state index contributed by atoms with van der Waals surface area (Å²) in [6.45, 7) is 5.70. The summed E-state index contributed by atoms with van der Waals surface area (Å²) in [5.74, 6) is -0.869. The summed E-state index contributed by atoms with van der Waals surface area (Å²) in [5.41, 5.74) is 2.49. The van der Waals surface area contributed by atoms with Crippen LogP contribution < -0.4 is 9.80 Å². The highest BCUT2D eigenvalue weighted by atomic mass is 16.5. The normalized spacial score (nSPS) is 24.8. The predicted molar refractivity (Wildman–Crippen MR) is 162 cm³/mol. The third-order valence-corrected chi connectivity index (χ3v) is 9.40. The topological polar surface area (TPSA) is 90.3 Å². The van der Waals surface area contributed by atoms with Crippen molar-refractivity contribution in [3.05, 3.63) is 102 Å². The molecule has 7 rings (SSSR count). The average Bonchev–Trinajstić information content (AvgIpc) is 3.52. The van der Waals surface area contributed by atoms with Crippen LogP contribution in [0.5, 0.6) is 0 Å². The molecule has 1 fully saturated rings. The highest BCUT2D eigenvalue weighted by Crippen LogP contribution is 2.57. The summed E-state index contributed by atoms with van der Waals surface area (Å²) in [4.78, 5) is 31.3. The van der Waals surface area contributed by atoms with E-state index in [0.29, 0.717) is 18.5 Å². The lowest BCUT2D eigenvalue weighted by Crippen LogP contribution is -2.46. The third kappa shape index (κ3) is 3.70. The second-order valence-electron chi connectivity index (χ2n) is 12.3. The Morgan fingerprint density at radius 1 is 0.905 bits per heavy atom. The van der Waals surface area contributed by atoms with Gasteiger partial charge in [-0.2, -0.15) is 0 Å². The molecule has 0 aliphatic carbocycles. The maximum Gasteiger partial charge on any atom is 0.264 e. The predicted octanol–water partition coefficient (Wildman–Crippen LogP) is 5.68. The molecule has 1 spiro atoms. The summed E-state index contributed by atoms with van der Waals surface area (Å²) in [6, 6.07) is 27.2. The molecule has 2 amide bonds. The van der Waals surface area contributed by atoms with E-state index in [9.17, 15) is 19.8 Å². The second kappa shape index (κ2) is 9.49. The van der Waals surface area contributed by atoms with E-state index in [4.69, 9.17) is 4.74 Å². The van der Waals surface area contributed by atoms with Crippen LogP contribution in [0.4, 0.5) is 17.1 Å². The van der Waals surface area contributed by atoms with E-state index in [0.717, 1.165) is 39.0 Å². The number of aliphatic hydroxyl groups is 2. The van der Waals surface area contributed by atoms with Gasteiger partial charge in [0, 0.05) is 35.1 Å². The molecule has 0 bridgehead atoms. The number of amides is 2. The van der Waals surface area contributed by atoms with E-state index in [1.165, 1.54) is 0 Å². The molecule has 0 aromatic heterocycles. The van der Waals surface area contributed by atoms with Gasteiger partial charge < -0.3 is 19.8 Å². The van der Waals surface area contributed by atoms with Gasteiger partial charge in [-0.3, -0.25) is 14.5 Å². The number of ether oxygens (including phenoxy) is 1. The van der Waals surface area contributed by atoms with Gasteiger partial charge >= 0.3 is 0 Å². The fourth-order valence-corrected chi connectivity index (χ4v) is 7.69. The minimum atomic E-state index is -1.24. The molecule has 3 aliphatic heterocycles. The Morgan fingerprint density at radius 2 is 1.60 bits per heavy atom. The Morgan fingerprint density at radius 3 is 2.31 bits per heavy atom. The van der Waals surface area contributed by atoms with E-state index >= 15 is 0 Å². The number of rotatable bonds is 6. The lowest BCUT2D eigenvalue weighted by Gasteiger charge is -2.34. The van der Waals surface area contributed by atoms with E-state index in [-0.39, 0.29) is 30.3 Å². The van der Waals surface area contributed by atoms with Crippen molar-refractivity contribution in [3.8, 4) is 0 Å². The monoisotopic (exact) mass is 562 g/mol. The lowest BCUT2D eigenvalue weighted by atomic mass is 9.71. The molecule has 0 saturated carbocycles. The smallest absolute Gasteiger partial charge is 0.264 e. The number of hydrogen-bond acceptors (Lipinski definition) is 5. The van der Waals surface area contributed by atoms with Crippen LogP contribution in [0.15, 0.2) is 84.9 Å². The number of nitrogens with zero attached hydrogens (tertiary/aromatic N) is 2. The van der Waals surface area contributed by atoms with Crippen LogP contribution in [-0.2, 0) is 21.7 Å². The van der Waals surface area contributed by atoms with Crippen molar-refractivity contribution in [2.75, 3.05) is 16.4 Å². The number of aliphatic hydroxyl groups excluding tert-OH is 1. The van der Waals surface area contributed by atoms with Crippen LogP contribution in [-0.4, -0.2) is 40.3 Å². The number of carbonyl (C=O) groups is 2. The maximum absolute atomic E-state index is 14.4. The Balaban J connectivity index is 1.21. The first-order valence-corrected chi connectivity index (χ1v) is 14.5. The highest BCUT2D eigenvalue weighted by Gasteiger charge is 2.65. The summed E-state index contributed by atoms with van der Waals surface area (Å²) >= 11 is 0. The standard InChI is InChI=1S/C35H34N2O5/c1-21-31(34(2,3)41)29(18-19-38)42-35(21)26-11-4-5-12-27(26)36(33(35)40)20-22-14-16-24(17-15-22)37-28-13-7-9-23-8-6-10-25(30(23)28)32(37)39/h4-17,21,29,31,38,41H,18-20H2,1-3H3/t21-,29+,31-,35+/m0/s1. The molecule has 3 heterocycles. The minimum absolute atomic E-state index is 0.0497. The van der Waals surface area contributed by atoms with E-state index < -0.39 is 17.3 Å². The van der Waals surface area contributed by atoms with Crippen LogP contribution in [0.25, 0.3) is 10.8 Å². The van der Waals surface area contributed by atoms with Crippen LogP contribution in [0, 0.1) is 11.8 Å². The summed E-state index contributed by atoms with van der Waals surface area (Å²) in [6.07, 6.45) is -0.127. The number of carbonyl (C=O) groups excluding carboxylic acids is 2. The van der Waals surface area contributed by atoms with Gasteiger partial charge in [-0.25, -0.2) is 0 Å². The van der Waals surface area contributed by atoms with Crippen molar-refractivity contribution < 1.29 is 24.5 Å². The van der Waals surface area contributed by atoms with Gasteiger partial charge in [-0.1, -0.05) is 61.5 Å². The number of para-hydroxylation sites is 1. The molecule has 7 heteroatoms. The van der Waals surface area contributed by atoms with Crippen LogP contribution in [0.2, 0.25) is 0 Å². The summed E-state index contributed by atoms with van der Waals surface area (Å²) in [5, 5.41) is 22.9. The zero-order valence-electron chi connectivity index (χ0n) is 23.9. The van der Waals surface area contributed by atoms with Gasteiger partial charge in [0.2, 0.25) is 0 Å². The van der Waals surface area contributed by atoms with Crippen LogP contribution in [0.3, 0.4) is 0 Å². The van der Waals surface area contributed by atoms with Crippen molar-refractivity contribution in [2.24, 2.45) is 11.8 Å². The van der Waals surface area contributed by atoms with Gasteiger partial charge in [0.05, 0.1) is 35.2 Å². The molecule has 4 aromatic carbocycles. The largest absolute Gasteiger partial charge is 0.396 e. The number of benzene rings is 4. The molecule has 42 heavy (non-hydrogen) atoms. The Bertz CT molecular complexity index is 1720. The minimum Gasteiger partial charge on any atom is -0.396 e. The van der Waals surface area contributed by atoms with Crippen molar-refractivity contribution in [2.45, 2.75) is 51.0 Å². The first-order chi connectivity index (χ1) is 20.2. The Kier molecular flexibility index (Phi) is 6.06. The van der Waals surface area contributed by atoms with Crippen molar-refractivity contribution in [1.29, 1.82) is 0 Å². The molecule has 1 saturated heterocycles. The van der Waals surface area contributed by atoms with Crippen molar-refractivity contribution >= 4 is 39.6 Å². The molecule has 2 N–H and O–H groups in total. The molecule has 3 aliphatic rings. The molecule has 0 unspecified atom stereocenters. The molecular weight excluding hydrogens is 528 g/mol. The van der Waals surface area contributed by atoms with E-state index in [1.54, 1.807) is 23.6 Å². The SMILES string of the molecule is C[C@H]1[C@H](C(C)(C)O)[C@@H](CCO)O[C@]12C(=O)N(Cc1ccc(N3C(=O)c4cccc5cccc3c45)cc1)c1ccccc12. The first kappa shape index (κ1) is 26.8. The van der Waals surface area contributed by atoms with Gasteiger partial charge in [-0.15, -0.1) is 0 Å². The number of fused-ring (bicyclic) bond motifs is 2. The molecule has 4 aromatic rings. The quantitative estimate of drug-likeness (QED) is 0.316. The maximum atomic E-state index is 14.4. The molecular formula is C35H34N2O5. The van der Waals surface area contributed by atoms with E-state index in [2.05, 4.69) is 0 Å². The number of anilines is 3. The summed E-state index contributed by atoms with van der Waals surface area (Å²) in [7, 11) is 0. The molecule has 4 atom stereocenters. The van der Waals surface area contributed by atoms with E-state index in [1.807, 2.05) is 91.9 Å². The van der Waals surface area contributed by atoms with Crippen LogP contribution >= 0.6 is 0 Å².